The highest BCUT2D eigenvalue weighted by Gasteiger charge is 2.13. The van der Waals surface area contributed by atoms with E-state index in [2.05, 4.69) is 20.4 Å². The Hall–Kier alpha value is -2.31. The van der Waals surface area contributed by atoms with Crippen LogP contribution in [0.3, 0.4) is 0 Å². The largest absolute Gasteiger partial charge is 0.489 e. The number of hydrogen-bond acceptors (Lipinski definition) is 4. The molecule has 7 heteroatoms. The van der Waals surface area contributed by atoms with Crippen LogP contribution < -0.4 is 15.4 Å². The van der Waals surface area contributed by atoms with Gasteiger partial charge in [0, 0.05) is 12.6 Å². The number of esters is 1. The normalized spacial score (nSPS) is 13.8. The molecule has 2 atom stereocenters. The van der Waals surface area contributed by atoms with Crippen LogP contribution in [0.5, 0.6) is 5.75 Å². The van der Waals surface area contributed by atoms with Gasteiger partial charge in [-0.2, -0.15) is 0 Å². The van der Waals surface area contributed by atoms with Crippen molar-refractivity contribution in [2.45, 2.75) is 26.9 Å². The van der Waals surface area contributed by atoms with Gasteiger partial charge in [-0.1, -0.05) is 13.0 Å². The predicted molar refractivity (Wildman–Crippen MR) is 91.7 cm³/mol. The van der Waals surface area contributed by atoms with Crippen molar-refractivity contribution >= 4 is 11.9 Å². The fraction of sp³-hybridized carbons (Fsp3) is 0.529. The first-order chi connectivity index (χ1) is 11.5. The van der Waals surface area contributed by atoms with Crippen LogP contribution in [0.25, 0.3) is 0 Å². The molecule has 0 aromatic heterocycles. The van der Waals surface area contributed by atoms with Crippen LogP contribution in [-0.2, 0) is 9.53 Å². The molecule has 2 unspecified atom stereocenters. The Bertz CT molecular complexity index is 552. The average Bonchev–Trinajstić information content (AvgIpc) is 2.56. The van der Waals surface area contributed by atoms with Gasteiger partial charge in [0.05, 0.1) is 26.1 Å². The van der Waals surface area contributed by atoms with Gasteiger partial charge in [-0.3, -0.25) is 9.79 Å². The Morgan fingerprint density at radius 2 is 2.08 bits per heavy atom. The molecule has 6 nitrogen and oxygen atoms in total. The molecule has 24 heavy (non-hydrogen) atoms. The van der Waals surface area contributed by atoms with Gasteiger partial charge in [0.25, 0.3) is 0 Å². The molecule has 0 aliphatic rings. The van der Waals surface area contributed by atoms with Crippen molar-refractivity contribution in [3.05, 3.63) is 30.1 Å². The molecule has 134 valence electrons. The number of nitrogens with one attached hydrogen (secondary N) is 2. The number of carbonyl (C=O) groups is 1. The maximum atomic E-state index is 13.1. The van der Waals surface area contributed by atoms with Crippen molar-refractivity contribution in [3.63, 3.8) is 0 Å². The highest BCUT2D eigenvalue weighted by atomic mass is 19.1. The van der Waals surface area contributed by atoms with E-state index in [0.717, 1.165) is 0 Å². The van der Waals surface area contributed by atoms with Gasteiger partial charge in [-0.25, -0.2) is 4.39 Å². The molecule has 1 rings (SSSR count). The van der Waals surface area contributed by atoms with Crippen molar-refractivity contribution < 1.29 is 18.7 Å². The van der Waals surface area contributed by atoms with E-state index in [-0.39, 0.29) is 23.8 Å². The zero-order valence-electron chi connectivity index (χ0n) is 14.6. The summed E-state index contributed by atoms with van der Waals surface area (Å²) in [6, 6.07) is 6.02. The van der Waals surface area contributed by atoms with E-state index < -0.39 is 0 Å². The lowest BCUT2D eigenvalue weighted by Gasteiger charge is -2.18. The Morgan fingerprint density at radius 3 is 2.71 bits per heavy atom. The van der Waals surface area contributed by atoms with Crippen LogP contribution in [0.2, 0.25) is 0 Å². The maximum absolute atomic E-state index is 13.1. The number of rotatable bonds is 8. The van der Waals surface area contributed by atoms with Gasteiger partial charge >= 0.3 is 5.97 Å². The van der Waals surface area contributed by atoms with Gasteiger partial charge in [0.1, 0.15) is 17.7 Å². The number of benzene rings is 1. The summed E-state index contributed by atoms with van der Waals surface area (Å²) in [6.07, 6.45) is -0.186. The molecule has 0 aliphatic heterocycles. The Kier molecular flexibility index (Phi) is 8.60. The number of aliphatic imine (C=N–C) groups is 1. The molecule has 0 heterocycles. The lowest BCUT2D eigenvalue weighted by Crippen LogP contribution is -2.42. The fourth-order valence-electron chi connectivity index (χ4n) is 1.90. The van der Waals surface area contributed by atoms with E-state index in [1.54, 1.807) is 19.1 Å². The predicted octanol–water partition coefficient (Wildman–Crippen LogP) is 1.96. The van der Waals surface area contributed by atoms with Crippen molar-refractivity contribution in [3.8, 4) is 5.75 Å². The molecule has 0 saturated heterocycles. The molecule has 1 aromatic rings. The first-order valence-electron chi connectivity index (χ1n) is 7.98. The molecule has 0 bridgehead atoms. The quantitative estimate of drug-likeness (QED) is 0.430. The molecule has 0 aliphatic carbocycles. The molecule has 0 amide bonds. The zero-order valence-corrected chi connectivity index (χ0v) is 14.6. The third-order valence-corrected chi connectivity index (χ3v) is 3.16. The molecular formula is C17H26FN3O3. The molecular weight excluding hydrogens is 313 g/mol. The number of carbonyl (C=O) groups excluding carboxylic acids is 1. The van der Waals surface area contributed by atoms with Gasteiger partial charge in [0.2, 0.25) is 0 Å². The van der Waals surface area contributed by atoms with Gasteiger partial charge in [-0.05, 0) is 26.0 Å². The summed E-state index contributed by atoms with van der Waals surface area (Å²) in [5, 5.41) is 6.23. The molecule has 0 fully saturated rings. The van der Waals surface area contributed by atoms with Crippen molar-refractivity contribution in [2.24, 2.45) is 10.9 Å². The van der Waals surface area contributed by atoms with E-state index in [4.69, 9.17) is 4.74 Å². The Balaban J connectivity index is 2.51. The Morgan fingerprint density at radius 1 is 1.33 bits per heavy atom. The zero-order chi connectivity index (χ0) is 17.9. The molecule has 2 N–H and O–H groups in total. The summed E-state index contributed by atoms with van der Waals surface area (Å²) in [5.74, 6) is 0.122. The minimum atomic E-state index is -0.334. The summed E-state index contributed by atoms with van der Waals surface area (Å²) in [7, 11) is 1.36. The highest BCUT2D eigenvalue weighted by molar-refractivity contribution is 5.80. The average molecular weight is 339 g/mol. The van der Waals surface area contributed by atoms with Crippen molar-refractivity contribution in [1.82, 2.24) is 10.6 Å². The second kappa shape index (κ2) is 10.5. The van der Waals surface area contributed by atoms with Crippen molar-refractivity contribution in [2.75, 3.05) is 26.7 Å². The van der Waals surface area contributed by atoms with Gasteiger partial charge in [-0.15, -0.1) is 0 Å². The summed E-state index contributed by atoms with van der Waals surface area (Å²) in [4.78, 5) is 15.7. The minimum Gasteiger partial charge on any atom is -0.489 e. The van der Waals surface area contributed by atoms with E-state index >= 15 is 0 Å². The number of guanidine groups is 1. The topological polar surface area (TPSA) is 72.0 Å². The lowest BCUT2D eigenvalue weighted by atomic mass is 10.2. The Labute approximate surface area is 142 Å². The van der Waals surface area contributed by atoms with Crippen LogP contribution in [0.1, 0.15) is 20.8 Å². The molecule has 1 aromatic carbocycles. The lowest BCUT2D eigenvalue weighted by molar-refractivity contribution is -0.144. The summed E-state index contributed by atoms with van der Waals surface area (Å²) < 4.78 is 23.5. The second-order valence-electron chi connectivity index (χ2n) is 5.41. The van der Waals surface area contributed by atoms with E-state index in [0.29, 0.717) is 31.3 Å². The minimum absolute atomic E-state index is 0.186. The number of nitrogens with zero attached hydrogens (tertiary/aromatic N) is 1. The fourth-order valence-corrected chi connectivity index (χ4v) is 1.90. The first-order valence-corrected chi connectivity index (χ1v) is 7.98. The summed E-state index contributed by atoms with van der Waals surface area (Å²) in [6.45, 7) is 7.08. The van der Waals surface area contributed by atoms with Crippen LogP contribution in [0.15, 0.2) is 29.3 Å². The van der Waals surface area contributed by atoms with Gasteiger partial charge < -0.3 is 20.1 Å². The molecule has 0 radical (unpaired) electrons. The summed E-state index contributed by atoms with van der Waals surface area (Å²) >= 11 is 0. The third-order valence-electron chi connectivity index (χ3n) is 3.16. The first kappa shape index (κ1) is 19.7. The molecule has 0 spiro atoms. The van der Waals surface area contributed by atoms with E-state index in [9.17, 15) is 9.18 Å². The smallest absolute Gasteiger partial charge is 0.310 e. The number of halogens is 1. The third kappa shape index (κ3) is 7.30. The van der Waals surface area contributed by atoms with Crippen LogP contribution >= 0.6 is 0 Å². The van der Waals surface area contributed by atoms with E-state index in [1.165, 1.54) is 19.2 Å². The number of methoxy groups -OCH3 is 1. The van der Waals surface area contributed by atoms with Crippen LogP contribution in [0.4, 0.5) is 4.39 Å². The summed E-state index contributed by atoms with van der Waals surface area (Å²) in [5.41, 5.74) is 0. The van der Waals surface area contributed by atoms with Crippen LogP contribution in [-0.4, -0.2) is 44.8 Å². The van der Waals surface area contributed by atoms with E-state index in [1.807, 2.05) is 13.8 Å². The molecule has 0 saturated carbocycles. The second-order valence-corrected chi connectivity index (χ2v) is 5.41. The standard InChI is InChI=1S/C17H26FN3O3/c1-5-19-17(20-10-12(2)16(22)23-4)21-11-13(3)24-15-8-6-7-14(18)9-15/h6-9,12-13H,5,10-11H2,1-4H3,(H2,19,20,21). The van der Waals surface area contributed by atoms with Gasteiger partial charge in [0.15, 0.2) is 5.96 Å². The highest BCUT2D eigenvalue weighted by Crippen LogP contribution is 2.13. The SMILES string of the molecule is CCNC(=NCC(C)C(=O)OC)NCC(C)Oc1cccc(F)c1. The number of hydrogen-bond donors (Lipinski definition) is 2. The van der Waals surface area contributed by atoms with Crippen molar-refractivity contribution in [1.29, 1.82) is 0 Å². The maximum Gasteiger partial charge on any atom is 0.310 e. The van der Waals surface area contributed by atoms with Crippen LogP contribution in [0, 0.1) is 11.7 Å². The monoisotopic (exact) mass is 339 g/mol. The number of ether oxygens (including phenoxy) is 2.